The number of nitrogens with zero attached hydrogens (tertiary/aromatic N) is 3. The largest absolute Gasteiger partial charge is 0.497 e. The van der Waals surface area contributed by atoms with Crippen molar-refractivity contribution in [1.82, 2.24) is 14.8 Å². The molecular formula is C26H25N3O4S. The van der Waals surface area contributed by atoms with Crippen molar-refractivity contribution in [3.05, 3.63) is 78.4 Å². The average molecular weight is 476 g/mol. The summed E-state index contributed by atoms with van der Waals surface area (Å²) in [4.78, 5) is 12.8. The molecule has 0 atom stereocenters. The molecule has 1 aromatic heterocycles. The van der Waals surface area contributed by atoms with Crippen molar-refractivity contribution in [2.45, 2.75) is 12.1 Å². The van der Waals surface area contributed by atoms with Gasteiger partial charge in [-0.05, 0) is 79.7 Å². The molecule has 0 aliphatic carbocycles. The van der Waals surface area contributed by atoms with Gasteiger partial charge in [0.15, 0.2) is 16.8 Å². The summed E-state index contributed by atoms with van der Waals surface area (Å²) in [5, 5.41) is 9.47. The Kier molecular flexibility index (Phi) is 7.49. The zero-order valence-corrected chi connectivity index (χ0v) is 20.0. The Hall–Kier alpha value is -3.78. The number of hydrogen-bond donors (Lipinski definition) is 0. The molecule has 0 fully saturated rings. The maximum absolute atomic E-state index is 12.8. The number of aromatic nitrogens is 3. The first kappa shape index (κ1) is 23.4. The number of carbonyl (C=O) groups excluding carboxylic acids is 1. The van der Waals surface area contributed by atoms with Gasteiger partial charge in [0.1, 0.15) is 17.2 Å². The molecule has 1 heterocycles. The van der Waals surface area contributed by atoms with E-state index in [0.717, 1.165) is 22.7 Å². The molecule has 4 rings (SSSR count). The molecule has 174 valence electrons. The molecule has 0 bridgehead atoms. The predicted molar refractivity (Wildman–Crippen MR) is 133 cm³/mol. The van der Waals surface area contributed by atoms with Crippen LogP contribution in [0.5, 0.6) is 17.2 Å². The zero-order valence-electron chi connectivity index (χ0n) is 19.2. The molecule has 0 saturated heterocycles. The van der Waals surface area contributed by atoms with Crippen molar-refractivity contribution >= 4 is 17.5 Å². The van der Waals surface area contributed by atoms with Gasteiger partial charge in [-0.1, -0.05) is 11.8 Å². The minimum absolute atomic E-state index is 0.0000979. The van der Waals surface area contributed by atoms with E-state index in [0.29, 0.717) is 28.9 Å². The van der Waals surface area contributed by atoms with E-state index in [9.17, 15) is 4.79 Å². The summed E-state index contributed by atoms with van der Waals surface area (Å²) in [5.41, 5.74) is 2.38. The van der Waals surface area contributed by atoms with Crippen LogP contribution in [0.25, 0.3) is 17.1 Å². The topological polar surface area (TPSA) is 75.5 Å². The predicted octanol–water partition coefficient (Wildman–Crippen LogP) is 5.33. The van der Waals surface area contributed by atoms with E-state index in [1.54, 1.807) is 38.5 Å². The number of hydrogen-bond acceptors (Lipinski definition) is 7. The van der Waals surface area contributed by atoms with E-state index >= 15 is 0 Å². The number of Topliss-reactive ketones (excluding diaryl/α,β-unsaturated/α-hetero) is 1. The molecule has 0 aliphatic rings. The lowest BCUT2D eigenvalue weighted by atomic mass is 10.1. The van der Waals surface area contributed by atoms with Crippen LogP contribution in [0.1, 0.15) is 17.3 Å². The highest BCUT2D eigenvalue weighted by atomic mass is 32.2. The van der Waals surface area contributed by atoms with Gasteiger partial charge < -0.3 is 14.2 Å². The Labute approximate surface area is 202 Å². The Bertz CT molecular complexity index is 1240. The fraction of sp³-hybridized carbons (Fsp3) is 0.192. The van der Waals surface area contributed by atoms with E-state index in [2.05, 4.69) is 10.2 Å². The highest BCUT2D eigenvalue weighted by Crippen LogP contribution is 2.30. The lowest BCUT2D eigenvalue weighted by Crippen LogP contribution is -2.05. The van der Waals surface area contributed by atoms with Crippen LogP contribution in [-0.2, 0) is 0 Å². The van der Waals surface area contributed by atoms with E-state index in [-0.39, 0.29) is 11.5 Å². The summed E-state index contributed by atoms with van der Waals surface area (Å²) in [7, 11) is 3.23. The van der Waals surface area contributed by atoms with Crippen LogP contribution in [0.2, 0.25) is 0 Å². The maximum atomic E-state index is 12.8. The summed E-state index contributed by atoms with van der Waals surface area (Å²) in [5.74, 6) is 3.16. The van der Waals surface area contributed by atoms with Gasteiger partial charge in [-0.2, -0.15) is 0 Å². The minimum atomic E-state index is -0.0000979. The van der Waals surface area contributed by atoms with Gasteiger partial charge in [-0.25, -0.2) is 0 Å². The first-order valence-electron chi connectivity index (χ1n) is 10.8. The van der Waals surface area contributed by atoms with Gasteiger partial charge in [0.2, 0.25) is 0 Å². The van der Waals surface area contributed by atoms with Crippen LogP contribution in [0, 0.1) is 0 Å². The van der Waals surface area contributed by atoms with Crippen LogP contribution in [0.3, 0.4) is 0 Å². The van der Waals surface area contributed by atoms with Gasteiger partial charge in [0, 0.05) is 16.8 Å². The van der Waals surface area contributed by atoms with Gasteiger partial charge in [0.25, 0.3) is 0 Å². The van der Waals surface area contributed by atoms with Crippen LogP contribution in [0.15, 0.2) is 78.0 Å². The molecule has 7 nitrogen and oxygen atoms in total. The summed E-state index contributed by atoms with van der Waals surface area (Å²) in [6, 6.07) is 22.5. The lowest BCUT2D eigenvalue weighted by molar-refractivity contribution is 0.102. The Morgan fingerprint density at radius 1 is 0.824 bits per heavy atom. The molecule has 4 aromatic rings. The number of rotatable bonds is 10. The number of benzene rings is 3. The Morgan fingerprint density at radius 2 is 1.41 bits per heavy atom. The summed E-state index contributed by atoms with van der Waals surface area (Å²) < 4.78 is 18.0. The third-order valence-corrected chi connectivity index (χ3v) is 6.06. The quantitative estimate of drug-likeness (QED) is 0.227. The molecule has 0 spiro atoms. The minimum Gasteiger partial charge on any atom is -0.497 e. The number of ketones is 1. The van der Waals surface area contributed by atoms with Crippen molar-refractivity contribution in [2.24, 2.45) is 0 Å². The molecule has 0 radical (unpaired) electrons. The third kappa shape index (κ3) is 5.23. The highest BCUT2D eigenvalue weighted by Gasteiger charge is 2.18. The second kappa shape index (κ2) is 10.9. The van der Waals surface area contributed by atoms with Crippen molar-refractivity contribution in [3.8, 4) is 34.3 Å². The molecule has 34 heavy (non-hydrogen) atoms. The molecule has 0 N–H and O–H groups in total. The monoisotopic (exact) mass is 475 g/mol. The summed E-state index contributed by atoms with van der Waals surface area (Å²) >= 11 is 1.35. The smallest absolute Gasteiger partial charge is 0.196 e. The second-order valence-electron chi connectivity index (χ2n) is 7.24. The number of carbonyl (C=O) groups is 1. The lowest BCUT2D eigenvalue weighted by Gasteiger charge is -2.12. The highest BCUT2D eigenvalue weighted by molar-refractivity contribution is 7.99. The number of thioether (sulfide) groups is 1. The van der Waals surface area contributed by atoms with Crippen LogP contribution in [0.4, 0.5) is 0 Å². The molecule has 0 amide bonds. The van der Waals surface area contributed by atoms with E-state index in [1.165, 1.54) is 11.8 Å². The first-order valence-corrected chi connectivity index (χ1v) is 11.7. The number of ether oxygens (including phenoxy) is 3. The van der Waals surface area contributed by atoms with Crippen LogP contribution >= 0.6 is 11.8 Å². The molecule has 8 heteroatoms. The Balaban J connectivity index is 1.64. The summed E-state index contributed by atoms with van der Waals surface area (Å²) in [6.07, 6.45) is 0. The third-order valence-electron chi connectivity index (χ3n) is 5.13. The van der Waals surface area contributed by atoms with E-state index in [1.807, 2.05) is 60.0 Å². The van der Waals surface area contributed by atoms with E-state index in [4.69, 9.17) is 14.2 Å². The summed E-state index contributed by atoms with van der Waals surface area (Å²) in [6.45, 7) is 2.54. The second-order valence-corrected chi connectivity index (χ2v) is 8.18. The van der Waals surface area contributed by atoms with Crippen molar-refractivity contribution < 1.29 is 19.0 Å². The fourth-order valence-electron chi connectivity index (χ4n) is 3.37. The Morgan fingerprint density at radius 3 is 2.00 bits per heavy atom. The van der Waals surface area contributed by atoms with Crippen molar-refractivity contribution in [2.75, 3.05) is 26.6 Å². The molecular weight excluding hydrogens is 450 g/mol. The van der Waals surface area contributed by atoms with Gasteiger partial charge >= 0.3 is 0 Å². The van der Waals surface area contributed by atoms with Gasteiger partial charge in [0.05, 0.1) is 26.6 Å². The first-order chi connectivity index (χ1) is 16.6. The molecule has 0 unspecified atom stereocenters. The average Bonchev–Trinajstić information content (AvgIpc) is 3.32. The number of methoxy groups -OCH3 is 2. The normalized spacial score (nSPS) is 10.7. The van der Waals surface area contributed by atoms with Gasteiger partial charge in [-0.15, -0.1) is 10.2 Å². The SMILES string of the molecule is CCOc1ccc(-n2c(SCC(=O)c3ccc(OC)cc3)nnc2-c2ccc(OC)cc2)cc1. The van der Waals surface area contributed by atoms with E-state index < -0.39 is 0 Å². The zero-order chi connectivity index (χ0) is 23.9. The van der Waals surface area contributed by atoms with Crippen molar-refractivity contribution in [1.29, 1.82) is 0 Å². The van der Waals surface area contributed by atoms with Crippen molar-refractivity contribution in [3.63, 3.8) is 0 Å². The molecule has 0 aliphatic heterocycles. The molecule has 0 saturated carbocycles. The maximum Gasteiger partial charge on any atom is 0.196 e. The van der Waals surface area contributed by atoms with Crippen LogP contribution in [-0.4, -0.2) is 47.1 Å². The van der Waals surface area contributed by atoms with Crippen LogP contribution < -0.4 is 14.2 Å². The standard InChI is InChI=1S/C26H25N3O4S/c1-4-33-23-15-9-20(10-16-23)29-25(19-7-13-22(32-3)14-8-19)27-28-26(29)34-17-24(30)18-5-11-21(31-2)12-6-18/h5-16H,4,17H2,1-3H3. The fourth-order valence-corrected chi connectivity index (χ4v) is 4.22. The van der Waals surface area contributed by atoms with Gasteiger partial charge in [-0.3, -0.25) is 9.36 Å². The molecule has 3 aromatic carbocycles.